The third-order valence-corrected chi connectivity index (χ3v) is 1.70. The van der Waals surface area contributed by atoms with Crippen LogP contribution >= 0.6 is 0 Å². The quantitative estimate of drug-likeness (QED) is 0.640. The summed E-state index contributed by atoms with van der Waals surface area (Å²) in [6, 6.07) is 0. The molecule has 0 saturated carbocycles. The zero-order valence-electron chi connectivity index (χ0n) is 7.75. The Morgan fingerprint density at radius 2 is 1.25 bits per heavy atom. The van der Waals surface area contributed by atoms with E-state index in [9.17, 15) is 0 Å². The Morgan fingerprint density at radius 1 is 0.917 bits per heavy atom. The zero-order chi connectivity index (χ0) is 9.45. The Morgan fingerprint density at radius 3 is 1.42 bits per heavy atom. The Bertz CT molecular complexity index is 92.6. The van der Waals surface area contributed by atoms with E-state index in [-0.39, 0.29) is 0 Å². The molecule has 0 aromatic carbocycles. The maximum atomic E-state index is 5.22. The van der Waals surface area contributed by atoms with E-state index in [0.717, 1.165) is 25.2 Å². The first-order chi connectivity index (χ1) is 5.74. The summed E-state index contributed by atoms with van der Waals surface area (Å²) in [6.45, 7) is 7.07. The van der Waals surface area contributed by atoms with Gasteiger partial charge in [0.15, 0.2) is 0 Å². The summed E-state index contributed by atoms with van der Waals surface area (Å²) in [5.41, 5.74) is 0. The molecule has 0 spiro atoms. The van der Waals surface area contributed by atoms with Gasteiger partial charge in [0.05, 0.1) is 0 Å². The normalized spacial score (nSPS) is 11.8. The molecule has 0 aliphatic heterocycles. The molecule has 0 aliphatic rings. The number of hydrogen-bond donors (Lipinski definition) is 0. The Balaban J connectivity index is 4.06. The summed E-state index contributed by atoms with van der Waals surface area (Å²) < 4.78 is 20.7. The Kier molecular flexibility index (Phi) is 7.59. The van der Waals surface area contributed by atoms with Crippen molar-refractivity contribution in [2.45, 2.75) is 26.9 Å². The van der Waals surface area contributed by atoms with Gasteiger partial charge in [0.1, 0.15) is 0 Å². The van der Waals surface area contributed by atoms with Gasteiger partial charge in [0.25, 0.3) is 0 Å². The van der Waals surface area contributed by atoms with Crippen LogP contribution in [0.2, 0.25) is 0 Å². The predicted octanol–water partition coefficient (Wildman–Crippen LogP) is 1.19. The molecule has 0 saturated heterocycles. The Labute approximate surface area is 89.0 Å². The van der Waals surface area contributed by atoms with Gasteiger partial charge in [-0.1, -0.05) is 0 Å². The van der Waals surface area contributed by atoms with Gasteiger partial charge in [0, 0.05) is 0 Å². The van der Waals surface area contributed by atoms with E-state index >= 15 is 0 Å². The van der Waals surface area contributed by atoms with E-state index in [2.05, 4.69) is 0 Å². The predicted molar refractivity (Wildman–Crippen MR) is 38.7 cm³/mol. The molecule has 0 aromatic rings. The van der Waals surface area contributed by atoms with E-state index in [0.29, 0.717) is 19.8 Å². The van der Waals surface area contributed by atoms with Crippen LogP contribution in [0.5, 0.6) is 0 Å². The second kappa shape index (κ2) is 7.16. The van der Waals surface area contributed by atoms with Crippen LogP contribution in [0.1, 0.15) is 20.8 Å². The average molecular weight is 254 g/mol. The summed E-state index contributed by atoms with van der Waals surface area (Å²) in [7, 11) is 0. The van der Waals surface area contributed by atoms with Crippen molar-refractivity contribution >= 4 is 0 Å². The van der Waals surface area contributed by atoms with Crippen LogP contribution in [-0.2, 0) is 42.2 Å². The molecule has 0 aliphatic carbocycles. The van der Waals surface area contributed by atoms with Crippen molar-refractivity contribution in [2.75, 3.05) is 19.8 Å². The van der Waals surface area contributed by atoms with Crippen molar-refractivity contribution < 1.29 is 42.2 Å². The van der Waals surface area contributed by atoms with Gasteiger partial charge >= 0.3 is 88.9 Å². The number of hydrogen-bond acceptors (Lipinski definition) is 4. The Hall–Kier alpha value is 0.723. The monoisotopic (exact) mass is 253 g/mol. The SMILES string of the molecule is CCOC([O][Zr])(OCC)OCC. The van der Waals surface area contributed by atoms with Crippen LogP contribution in [0.3, 0.4) is 0 Å². The minimum absolute atomic E-state index is 0.494. The van der Waals surface area contributed by atoms with Crippen LogP contribution in [0.25, 0.3) is 0 Å². The van der Waals surface area contributed by atoms with E-state index in [1.165, 1.54) is 0 Å². The van der Waals surface area contributed by atoms with Crippen molar-refractivity contribution in [3.63, 3.8) is 0 Å². The van der Waals surface area contributed by atoms with Gasteiger partial charge in [-0.3, -0.25) is 0 Å². The molecule has 0 fully saturated rings. The van der Waals surface area contributed by atoms with Crippen molar-refractivity contribution in [1.82, 2.24) is 0 Å². The molecule has 5 heteroatoms. The molecule has 0 bridgehead atoms. The zero-order valence-corrected chi connectivity index (χ0v) is 10.2. The molecule has 0 atom stereocenters. The number of ether oxygens (including phenoxy) is 3. The first-order valence-electron chi connectivity index (χ1n) is 4.01. The maximum absolute atomic E-state index is 5.22. The molecular weight excluding hydrogens is 239 g/mol. The molecule has 0 amide bonds. The molecule has 0 aromatic heterocycles. The van der Waals surface area contributed by atoms with Crippen molar-refractivity contribution in [1.29, 1.82) is 0 Å². The first kappa shape index (κ1) is 12.7. The summed E-state index contributed by atoms with van der Waals surface area (Å²) >= 11 is 0.856. The summed E-state index contributed by atoms with van der Waals surface area (Å²) in [5.74, 6) is 0. The number of rotatable bonds is 7. The molecule has 71 valence electrons. The molecular formula is C7H15O4Zr. The van der Waals surface area contributed by atoms with E-state index in [1.807, 2.05) is 20.8 Å². The van der Waals surface area contributed by atoms with E-state index in [4.69, 9.17) is 17.0 Å². The molecule has 0 heterocycles. The first-order valence-corrected chi connectivity index (χ1v) is 5.01. The summed E-state index contributed by atoms with van der Waals surface area (Å²) in [5, 5.41) is 0. The molecule has 0 rings (SSSR count). The van der Waals surface area contributed by atoms with E-state index < -0.39 is 6.16 Å². The van der Waals surface area contributed by atoms with E-state index in [1.54, 1.807) is 0 Å². The van der Waals surface area contributed by atoms with Crippen LogP contribution in [0, 0.1) is 0 Å². The standard InChI is InChI=1S/C7H15O4.Zr/c1-4-9-7(8,10-5-2)11-6-3;/h4-6H2,1-3H3;/q-1;+1. The van der Waals surface area contributed by atoms with Gasteiger partial charge in [0.2, 0.25) is 0 Å². The molecule has 0 N–H and O–H groups in total. The fraction of sp³-hybridized carbons (Fsp3) is 1.00. The summed E-state index contributed by atoms with van der Waals surface area (Å²) in [6.07, 6.45) is -1.27. The fourth-order valence-corrected chi connectivity index (χ4v) is 1.18. The van der Waals surface area contributed by atoms with Crippen LogP contribution in [-0.4, -0.2) is 26.0 Å². The van der Waals surface area contributed by atoms with Crippen molar-refractivity contribution in [3.8, 4) is 0 Å². The second-order valence-electron chi connectivity index (χ2n) is 1.90. The van der Waals surface area contributed by atoms with Crippen molar-refractivity contribution in [3.05, 3.63) is 0 Å². The summed E-state index contributed by atoms with van der Waals surface area (Å²) in [4.78, 5) is 0. The molecule has 12 heavy (non-hydrogen) atoms. The average Bonchev–Trinajstić information content (AvgIpc) is 2.06. The fourth-order valence-electron chi connectivity index (χ4n) is 0.744. The van der Waals surface area contributed by atoms with Crippen LogP contribution in [0.15, 0.2) is 0 Å². The third kappa shape index (κ3) is 4.10. The van der Waals surface area contributed by atoms with Crippen molar-refractivity contribution in [2.24, 2.45) is 0 Å². The van der Waals surface area contributed by atoms with Gasteiger partial charge in [-0.15, -0.1) is 0 Å². The van der Waals surface area contributed by atoms with Crippen LogP contribution < -0.4 is 0 Å². The third-order valence-electron chi connectivity index (χ3n) is 1.09. The molecule has 0 unspecified atom stereocenters. The van der Waals surface area contributed by atoms with Gasteiger partial charge in [-0.25, -0.2) is 0 Å². The molecule has 4 nitrogen and oxygen atoms in total. The second-order valence-corrected chi connectivity index (χ2v) is 2.40. The van der Waals surface area contributed by atoms with Gasteiger partial charge in [-0.05, 0) is 0 Å². The molecule has 0 radical (unpaired) electrons. The van der Waals surface area contributed by atoms with Gasteiger partial charge < -0.3 is 0 Å². The van der Waals surface area contributed by atoms with Crippen LogP contribution in [0.4, 0.5) is 0 Å². The van der Waals surface area contributed by atoms with Gasteiger partial charge in [-0.2, -0.15) is 0 Å². The topological polar surface area (TPSA) is 36.9 Å². The minimum atomic E-state index is -1.27.